The molecule has 0 aliphatic heterocycles. The molecule has 0 unspecified atom stereocenters. The lowest BCUT2D eigenvalue weighted by Crippen LogP contribution is -1.96. The Bertz CT molecular complexity index is 808. The summed E-state index contributed by atoms with van der Waals surface area (Å²) in [6, 6.07) is 11.8. The van der Waals surface area contributed by atoms with Crippen molar-refractivity contribution >= 4 is 22.9 Å². The second kappa shape index (κ2) is 6.48. The van der Waals surface area contributed by atoms with E-state index in [2.05, 4.69) is 36.2 Å². The van der Waals surface area contributed by atoms with Crippen LogP contribution in [-0.2, 0) is 6.42 Å². The van der Waals surface area contributed by atoms with Crippen molar-refractivity contribution in [2.75, 3.05) is 0 Å². The first-order valence-electron chi connectivity index (χ1n) is 7.16. The minimum absolute atomic E-state index is 0.448. The predicted molar refractivity (Wildman–Crippen MR) is 91.8 cm³/mol. The topological polar surface area (TPSA) is 36.7 Å². The average molecular weight is 327 g/mol. The van der Waals surface area contributed by atoms with Crippen LogP contribution in [0.3, 0.4) is 0 Å². The number of rotatable bonds is 3. The summed E-state index contributed by atoms with van der Waals surface area (Å²) in [6.45, 7) is 2.15. The summed E-state index contributed by atoms with van der Waals surface area (Å²) in [5.41, 5.74) is 3.91. The number of thiophene rings is 1. The third-order valence-corrected chi connectivity index (χ3v) is 5.19. The van der Waals surface area contributed by atoms with Gasteiger partial charge < -0.3 is 0 Å². The molecule has 0 saturated carbocycles. The van der Waals surface area contributed by atoms with E-state index in [4.69, 9.17) is 16.9 Å². The Hall–Kier alpha value is -1.89. The first kappa shape index (κ1) is 15.0. The summed E-state index contributed by atoms with van der Waals surface area (Å²) in [7, 11) is 0. The molecule has 2 aromatic rings. The van der Waals surface area contributed by atoms with Gasteiger partial charge in [-0.2, -0.15) is 5.26 Å². The normalized spacial score (nSPS) is 14.7. The largest absolute Gasteiger partial charge is 0.236 e. The summed E-state index contributed by atoms with van der Waals surface area (Å²) in [5, 5.41) is 9.93. The summed E-state index contributed by atoms with van der Waals surface area (Å²) < 4.78 is 0. The molecular weight excluding hydrogens is 312 g/mol. The van der Waals surface area contributed by atoms with Crippen molar-refractivity contribution in [2.24, 2.45) is 0 Å². The lowest BCUT2D eigenvalue weighted by atomic mass is 9.98. The number of hydrogen-bond acceptors (Lipinski definition) is 3. The molecule has 0 amide bonds. The summed E-state index contributed by atoms with van der Waals surface area (Å²) in [5.74, 6) is 0. The molecule has 22 heavy (non-hydrogen) atoms. The number of allylic oxidation sites excluding steroid dienone is 4. The van der Waals surface area contributed by atoms with Crippen molar-refractivity contribution in [3.63, 3.8) is 0 Å². The smallest absolute Gasteiger partial charge is 0.141 e. The van der Waals surface area contributed by atoms with Crippen LogP contribution in [0.5, 0.6) is 0 Å². The van der Waals surface area contributed by atoms with E-state index in [1.165, 1.54) is 16.0 Å². The van der Waals surface area contributed by atoms with Gasteiger partial charge in [0.1, 0.15) is 11.8 Å². The fourth-order valence-electron chi connectivity index (χ4n) is 2.49. The van der Waals surface area contributed by atoms with Crippen molar-refractivity contribution in [3.05, 3.63) is 63.2 Å². The van der Waals surface area contributed by atoms with Gasteiger partial charge in [0.25, 0.3) is 0 Å². The van der Waals surface area contributed by atoms with Gasteiger partial charge in [0, 0.05) is 16.3 Å². The molecule has 4 heteroatoms. The van der Waals surface area contributed by atoms with Gasteiger partial charge in [0.05, 0.1) is 10.6 Å². The molecule has 1 aliphatic rings. The van der Waals surface area contributed by atoms with Gasteiger partial charge in [0.15, 0.2) is 0 Å². The molecule has 1 aliphatic carbocycles. The molecule has 2 aromatic heterocycles. The van der Waals surface area contributed by atoms with Crippen molar-refractivity contribution < 1.29 is 0 Å². The van der Waals surface area contributed by atoms with E-state index in [9.17, 15) is 0 Å². The zero-order valence-electron chi connectivity index (χ0n) is 12.3. The second-order valence-electron chi connectivity index (χ2n) is 5.38. The minimum atomic E-state index is 0.448. The van der Waals surface area contributed by atoms with Crippen LogP contribution in [0.15, 0.2) is 52.6 Å². The van der Waals surface area contributed by atoms with Crippen molar-refractivity contribution in [1.29, 1.82) is 5.26 Å². The third kappa shape index (κ3) is 3.30. The van der Waals surface area contributed by atoms with Crippen LogP contribution in [0.1, 0.15) is 30.3 Å². The molecule has 0 fully saturated rings. The third-order valence-electron chi connectivity index (χ3n) is 3.65. The Morgan fingerprint density at radius 3 is 2.95 bits per heavy atom. The zero-order valence-corrected chi connectivity index (χ0v) is 13.8. The fourth-order valence-corrected chi connectivity index (χ4v) is 3.71. The maximum atomic E-state index is 8.95. The van der Waals surface area contributed by atoms with Gasteiger partial charge in [-0.05, 0) is 49.6 Å². The molecule has 0 atom stereocenters. The molecule has 0 radical (unpaired) electrons. The summed E-state index contributed by atoms with van der Waals surface area (Å²) in [4.78, 5) is 6.69. The highest BCUT2D eigenvalue weighted by atomic mass is 35.5. The zero-order chi connectivity index (χ0) is 15.5. The highest BCUT2D eigenvalue weighted by Crippen LogP contribution is 2.32. The van der Waals surface area contributed by atoms with Crippen molar-refractivity contribution in [2.45, 2.75) is 26.2 Å². The maximum absolute atomic E-state index is 8.95. The molecular formula is C18H15ClN2S. The molecule has 0 spiro atoms. The van der Waals surface area contributed by atoms with Gasteiger partial charge >= 0.3 is 0 Å². The Kier molecular flexibility index (Phi) is 4.42. The molecule has 110 valence electrons. The monoisotopic (exact) mass is 326 g/mol. The molecule has 2 heterocycles. The Morgan fingerprint density at radius 1 is 1.27 bits per heavy atom. The second-order valence-corrected chi connectivity index (χ2v) is 7.01. The highest BCUT2D eigenvalue weighted by molar-refractivity contribution is 7.15. The number of hydrogen-bond donors (Lipinski definition) is 0. The van der Waals surface area contributed by atoms with E-state index in [1.807, 2.05) is 12.1 Å². The van der Waals surface area contributed by atoms with E-state index >= 15 is 0 Å². The number of aromatic nitrogens is 1. The van der Waals surface area contributed by atoms with Crippen LogP contribution in [0, 0.1) is 11.3 Å². The SMILES string of the molecule is CC1=CC(Cc2ccc(-c3cccc(C#N)n3)s2)=C(Cl)CC1. The van der Waals surface area contributed by atoms with Crippen LogP contribution in [0.2, 0.25) is 0 Å². The summed E-state index contributed by atoms with van der Waals surface area (Å²) >= 11 is 8.06. The maximum Gasteiger partial charge on any atom is 0.141 e. The predicted octanol–water partition coefficient (Wildman–Crippen LogP) is 5.46. The van der Waals surface area contributed by atoms with E-state index < -0.39 is 0 Å². The van der Waals surface area contributed by atoms with Crippen molar-refractivity contribution in [1.82, 2.24) is 4.98 Å². The van der Waals surface area contributed by atoms with Crippen LogP contribution >= 0.6 is 22.9 Å². The number of pyridine rings is 1. The lowest BCUT2D eigenvalue weighted by Gasteiger charge is -2.13. The van der Waals surface area contributed by atoms with Gasteiger partial charge in [-0.3, -0.25) is 0 Å². The van der Waals surface area contributed by atoms with Gasteiger partial charge in [-0.1, -0.05) is 29.3 Å². The lowest BCUT2D eigenvalue weighted by molar-refractivity contribution is 0.917. The Labute approximate surface area is 139 Å². The number of nitriles is 1. The molecule has 3 rings (SSSR count). The van der Waals surface area contributed by atoms with Crippen LogP contribution in [0.25, 0.3) is 10.6 Å². The van der Waals surface area contributed by atoms with Gasteiger partial charge in [0.2, 0.25) is 0 Å². The molecule has 0 N–H and O–H groups in total. The molecule has 0 bridgehead atoms. The molecule has 2 nitrogen and oxygen atoms in total. The Morgan fingerprint density at radius 2 is 2.14 bits per heavy atom. The standard InChI is InChI=1S/C18H15ClN2S/c1-12-5-7-16(19)13(9-12)10-15-6-8-18(22-15)17-4-2-3-14(11-20)21-17/h2-4,6,8-9H,5,7,10H2,1H3. The van der Waals surface area contributed by atoms with Crippen molar-refractivity contribution in [3.8, 4) is 16.6 Å². The quantitative estimate of drug-likeness (QED) is 0.751. The number of nitrogens with zero attached hydrogens (tertiary/aromatic N) is 2. The van der Waals surface area contributed by atoms with E-state index in [0.717, 1.165) is 34.9 Å². The summed E-state index contributed by atoms with van der Waals surface area (Å²) in [6.07, 6.45) is 5.07. The number of halogens is 1. The molecule has 0 aromatic carbocycles. The van der Waals surface area contributed by atoms with Crippen LogP contribution < -0.4 is 0 Å². The first-order valence-corrected chi connectivity index (χ1v) is 8.36. The average Bonchev–Trinajstić information content (AvgIpc) is 2.99. The van der Waals surface area contributed by atoms with E-state index in [0.29, 0.717) is 5.69 Å². The van der Waals surface area contributed by atoms with Crippen LogP contribution in [0.4, 0.5) is 0 Å². The minimum Gasteiger partial charge on any atom is -0.236 e. The Balaban J connectivity index is 1.84. The van der Waals surface area contributed by atoms with Gasteiger partial charge in [-0.25, -0.2) is 4.98 Å². The van der Waals surface area contributed by atoms with E-state index in [1.54, 1.807) is 17.4 Å². The molecule has 0 saturated heterocycles. The first-order chi connectivity index (χ1) is 10.7. The van der Waals surface area contributed by atoms with Crippen LogP contribution in [-0.4, -0.2) is 4.98 Å². The fraction of sp³-hybridized carbons (Fsp3) is 0.222. The van der Waals surface area contributed by atoms with Gasteiger partial charge in [-0.15, -0.1) is 11.3 Å². The highest BCUT2D eigenvalue weighted by Gasteiger charge is 2.12. The van der Waals surface area contributed by atoms with E-state index in [-0.39, 0.29) is 0 Å².